The Hall–Kier alpha value is -3.34. The van der Waals surface area contributed by atoms with Crippen molar-refractivity contribution in [3.8, 4) is 22.5 Å². The van der Waals surface area contributed by atoms with Crippen LogP contribution in [0.15, 0.2) is 60.8 Å². The van der Waals surface area contributed by atoms with E-state index in [1.54, 1.807) is 16.6 Å². The molecule has 25 heavy (non-hydrogen) atoms. The Labute approximate surface area is 143 Å². The van der Waals surface area contributed by atoms with Gasteiger partial charge in [-0.25, -0.2) is 8.91 Å². The van der Waals surface area contributed by atoms with Crippen molar-refractivity contribution in [2.24, 2.45) is 0 Å². The minimum atomic E-state index is -0.537. The first-order chi connectivity index (χ1) is 12.2. The Bertz CT molecular complexity index is 1100. The second kappa shape index (κ2) is 5.94. The van der Waals surface area contributed by atoms with E-state index in [1.165, 1.54) is 6.07 Å². The Morgan fingerprint density at radius 1 is 1.08 bits per heavy atom. The highest BCUT2D eigenvalue weighted by molar-refractivity contribution is 5.93. The molecule has 4 rings (SSSR count). The molecular formula is C20H14FN3O. The van der Waals surface area contributed by atoms with E-state index in [4.69, 9.17) is 0 Å². The SMILES string of the molecule is Cc1cccc(-c2nn3ccccc3c2-c2ccc(F)c(C=O)c2)n1. The molecule has 0 radical (unpaired) electrons. The molecule has 0 aliphatic carbocycles. The van der Waals surface area contributed by atoms with Gasteiger partial charge in [0.15, 0.2) is 6.29 Å². The van der Waals surface area contributed by atoms with Gasteiger partial charge >= 0.3 is 0 Å². The van der Waals surface area contributed by atoms with Gasteiger partial charge in [-0.05, 0) is 48.9 Å². The van der Waals surface area contributed by atoms with Crippen molar-refractivity contribution in [3.63, 3.8) is 0 Å². The molecule has 0 aliphatic rings. The number of hydrogen-bond donors (Lipinski definition) is 0. The Balaban J connectivity index is 2.05. The molecule has 0 saturated heterocycles. The van der Waals surface area contributed by atoms with Crippen LogP contribution in [0.1, 0.15) is 16.1 Å². The number of rotatable bonds is 3. The molecule has 0 spiro atoms. The standard InChI is InChI=1S/C20H14FN3O/c1-13-5-4-6-17(22-13)20-19(18-7-2-3-10-24(18)23-20)14-8-9-16(21)15(11-14)12-25/h2-12H,1H3. The molecule has 0 amide bonds. The van der Waals surface area contributed by atoms with Crippen LogP contribution in [-0.2, 0) is 0 Å². The Morgan fingerprint density at radius 2 is 1.96 bits per heavy atom. The summed E-state index contributed by atoms with van der Waals surface area (Å²) >= 11 is 0. The fourth-order valence-electron chi connectivity index (χ4n) is 2.93. The van der Waals surface area contributed by atoms with Crippen LogP contribution in [0.25, 0.3) is 28.0 Å². The van der Waals surface area contributed by atoms with E-state index in [1.807, 2.05) is 49.5 Å². The summed E-state index contributed by atoms with van der Waals surface area (Å²) in [5.41, 5.74) is 4.74. The van der Waals surface area contributed by atoms with Crippen molar-refractivity contribution in [3.05, 3.63) is 77.9 Å². The molecule has 3 heterocycles. The predicted octanol–water partition coefficient (Wildman–Crippen LogP) is 4.32. The first-order valence-electron chi connectivity index (χ1n) is 7.84. The summed E-state index contributed by atoms with van der Waals surface area (Å²) < 4.78 is 15.5. The van der Waals surface area contributed by atoms with E-state index >= 15 is 0 Å². The number of nitrogens with zero attached hydrogens (tertiary/aromatic N) is 3. The summed E-state index contributed by atoms with van der Waals surface area (Å²) in [4.78, 5) is 15.7. The molecule has 4 nitrogen and oxygen atoms in total. The first-order valence-corrected chi connectivity index (χ1v) is 7.84. The molecule has 0 atom stereocenters. The number of pyridine rings is 2. The van der Waals surface area contributed by atoms with Gasteiger partial charge in [0.1, 0.15) is 11.5 Å². The number of aldehydes is 1. The van der Waals surface area contributed by atoms with Gasteiger partial charge in [-0.2, -0.15) is 5.10 Å². The number of aryl methyl sites for hydroxylation is 1. The van der Waals surface area contributed by atoms with E-state index in [2.05, 4.69) is 10.1 Å². The summed E-state index contributed by atoms with van der Waals surface area (Å²) in [7, 11) is 0. The van der Waals surface area contributed by atoms with Crippen molar-refractivity contribution >= 4 is 11.8 Å². The van der Waals surface area contributed by atoms with Crippen LogP contribution >= 0.6 is 0 Å². The number of carbonyl (C=O) groups excluding carboxylic acids is 1. The topological polar surface area (TPSA) is 47.3 Å². The van der Waals surface area contributed by atoms with Gasteiger partial charge in [-0.1, -0.05) is 18.2 Å². The summed E-state index contributed by atoms with van der Waals surface area (Å²) in [6.45, 7) is 1.92. The molecule has 5 heteroatoms. The lowest BCUT2D eigenvalue weighted by molar-refractivity contribution is 0.112. The minimum absolute atomic E-state index is 0.0240. The highest BCUT2D eigenvalue weighted by Crippen LogP contribution is 2.35. The molecule has 1 aromatic carbocycles. The number of hydrogen-bond acceptors (Lipinski definition) is 3. The van der Waals surface area contributed by atoms with Crippen molar-refractivity contribution in [1.82, 2.24) is 14.6 Å². The molecule has 0 saturated carbocycles. The maximum absolute atomic E-state index is 13.7. The Kier molecular flexibility index (Phi) is 3.61. The molecule has 122 valence electrons. The van der Waals surface area contributed by atoms with Crippen LogP contribution in [-0.4, -0.2) is 20.9 Å². The second-order valence-electron chi connectivity index (χ2n) is 5.77. The van der Waals surface area contributed by atoms with Gasteiger partial charge in [-0.15, -0.1) is 0 Å². The van der Waals surface area contributed by atoms with Crippen LogP contribution in [0.3, 0.4) is 0 Å². The zero-order valence-corrected chi connectivity index (χ0v) is 13.5. The number of benzene rings is 1. The van der Waals surface area contributed by atoms with Crippen LogP contribution in [0.4, 0.5) is 4.39 Å². The van der Waals surface area contributed by atoms with Crippen LogP contribution < -0.4 is 0 Å². The summed E-state index contributed by atoms with van der Waals surface area (Å²) in [6, 6.07) is 16.0. The second-order valence-corrected chi connectivity index (χ2v) is 5.77. The smallest absolute Gasteiger partial charge is 0.153 e. The molecule has 0 N–H and O–H groups in total. The van der Waals surface area contributed by atoms with E-state index in [0.717, 1.165) is 28.0 Å². The van der Waals surface area contributed by atoms with Crippen LogP contribution in [0.2, 0.25) is 0 Å². The number of fused-ring (bicyclic) bond motifs is 1. The minimum Gasteiger partial charge on any atom is -0.298 e. The molecule has 0 aliphatic heterocycles. The maximum atomic E-state index is 13.7. The van der Waals surface area contributed by atoms with Gasteiger partial charge in [-0.3, -0.25) is 9.78 Å². The normalized spacial score (nSPS) is 11.0. The van der Waals surface area contributed by atoms with E-state index in [0.29, 0.717) is 12.0 Å². The fraction of sp³-hybridized carbons (Fsp3) is 0.0500. The molecule has 0 fully saturated rings. The van der Waals surface area contributed by atoms with E-state index < -0.39 is 5.82 Å². The van der Waals surface area contributed by atoms with Crippen molar-refractivity contribution in [2.45, 2.75) is 6.92 Å². The van der Waals surface area contributed by atoms with Crippen LogP contribution in [0.5, 0.6) is 0 Å². The molecule has 0 bridgehead atoms. The van der Waals surface area contributed by atoms with E-state index in [9.17, 15) is 9.18 Å². The largest absolute Gasteiger partial charge is 0.298 e. The molecule has 4 aromatic rings. The van der Waals surface area contributed by atoms with Crippen molar-refractivity contribution in [1.29, 1.82) is 0 Å². The third-order valence-electron chi connectivity index (χ3n) is 4.08. The monoisotopic (exact) mass is 331 g/mol. The molecular weight excluding hydrogens is 317 g/mol. The van der Waals surface area contributed by atoms with Crippen molar-refractivity contribution < 1.29 is 9.18 Å². The van der Waals surface area contributed by atoms with Crippen LogP contribution in [0, 0.1) is 12.7 Å². The number of halogens is 1. The Morgan fingerprint density at radius 3 is 2.76 bits per heavy atom. The zero-order chi connectivity index (χ0) is 17.4. The summed E-state index contributed by atoms with van der Waals surface area (Å²) in [6.07, 6.45) is 2.37. The number of aromatic nitrogens is 3. The molecule has 0 unspecified atom stereocenters. The van der Waals surface area contributed by atoms with E-state index in [-0.39, 0.29) is 5.56 Å². The average molecular weight is 331 g/mol. The lowest BCUT2D eigenvalue weighted by atomic mass is 10.00. The van der Waals surface area contributed by atoms with Gasteiger partial charge in [0, 0.05) is 17.5 Å². The lowest BCUT2D eigenvalue weighted by Crippen LogP contribution is -1.91. The van der Waals surface area contributed by atoms with Gasteiger partial charge < -0.3 is 0 Å². The quantitative estimate of drug-likeness (QED) is 0.525. The zero-order valence-electron chi connectivity index (χ0n) is 13.5. The maximum Gasteiger partial charge on any atom is 0.153 e. The third kappa shape index (κ3) is 2.59. The highest BCUT2D eigenvalue weighted by atomic mass is 19.1. The van der Waals surface area contributed by atoms with Gasteiger partial charge in [0.25, 0.3) is 0 Å². The van der Waals surface area contributed by atoms with Crippen molar-refractivity contribution in [2.75, 3.05) is 0 Å². The average Bonchev–Trinajstić information content (AvgIpc) is 3.02. The highest BCUT2D eigenvalue weighted by Gasteiger charge is 2.18. The predicted molar refractivity (Wildman–Crippen MR) is 93.9 cm³/mol. The fourth-order valence-corrected chi connectivity index (χ4v) is 2.93. The first kappa shape index (κ1) is 15.2. The third-order valence-corrected chi connectivity index (χ3v) is 4.08. The summed E-state index contributed by atoms with van der Waals surface area (Å²) in [5.74, 6) is -0.537. The van der Waals surface area contributed by atoms with Gasteiger partial charge in [0.05, 0.1) is 16.8 Å². The molecule has 3 aromatic heterocycles. The lowest BCUT2D eigenvalue weighted by Gasteiger charge is -2.05. The number of carbonyl (C=O) groups is 1. The summed E-state index contributed by atoms with van der Waals surface area (Å²) in [5, 5.41) is 4.65. The van der Waals surface area contributed by atoms with Gasteiger partial charge in [0.2, 0.25) is 0 Å².